The number of hydrogen-bond acceptors (Lipinski definition) is 4. The Morgan fingerprint density at radius 1 is 1.38 bits per heavy atom. The van der Waals surface area contributed by atoms with Crippen molar-refractivity contribution in [3.05, 3.63) is 52.5 Å². The monoisotopic (exact) mass is 301 g/mol. The molecule has 0 saturated carbocycles. The Morgan fingerprint density at radius 2 is 2.14 bits per heavy atom. The summed E-state index contributed by atoms with van der Waals surface area (Å²) in [6.07, 6.45) is 0. The van der Waals surface area contributed by atoms with Crippen molar-refractivity contribution in [1.82, 2.24) is 0 Å². The largest absolute Gasteiger partial charge is 0.495 e. The summed E-state index contributed by atoms with van der Waals surface area (Å²) in [5, 5.41) is 12.0. The summed E-state index contributed by atoms with van der Waals surface area (Å²) in [4.78, 5) is 12.3. The van der Waals surface area contributed by atoms with E-state index in [9.17, 15) is 4.79 Å². The summed E-state index contributed by atoms with van der Waals surface area (Å²) in [6, 6.07) is 11.5. The van der Waals surface area contributed by atoms with Crippen LogP contribution in [0.3, 0.4) is 0 Å². The van der Waals surface area contributed by atoms with Gasteiger partial charge in [0.05, 0.1) is 23.3 Å². The van der Waals surface area contributed by atoms with Gasteiger partial charge in [0.25, 0.3) is 5.91 Å². The van der Waals surface area contributed by atoms with E-state index in [1.807, 2.05) is 6.07 Å². The highest BCUT2D eigenvalue weighted by atomic mass is 35.5. The van der Waals surface area contributed by atoms with Crippen molar-refractivity contribution >= 4 is 28.9 Å². The fraction of sp³-hybridized carbons (Fsp3) is 0.0667. The standard InChI is InChI=1S/C15H12ClN3O2/c1-21-13-4-2-3-9(8-17)14(13)19-15(20)11-6-5-10(18)7-12(11)16/h2-7H,18H2,1H3,(H,19,20). The molecule has 0 bridgehead atoms. The first-order valence-corrected chi connectivity index (χ1v) is 6.38. The number of nitrogens with one attached hydrogen (secondary N) is 1. The SMILES string of the molecule is COc1cccc(C#N)c1NC(=O)c1ccc(N)cc1Cl. The van der Waals surface area contributed by atoms with Crippen LogP contribution in [-0.2, 0) is 0 Å². The van der Waals surface area contributed by atoms with Crippen molar-refractivity contribution < 1.29 is 9.53 Å². The molecule has 21 heavy (non-hydrogen) atoms. The van der Waals surface area contributed by atoms with Crippen LogP contribution in [0.15, 0.2) is 36.4 Å². The van der Waals surface area contributed by atoms with Gasteiger partial charge < -0.3 is 15.8 Å². The summed E-state index contributed by atoms with van der Waals surface area (Å²) < 4.78 is 5.16. The second kappa shape index (κ2) is 6.16. The summed E-state index contributed by atoms with van der Waals surface area (Å²) >= 11 is 6.00. The summed E-state index contributed by atoms with van der Waals surface area (Å²) in [5.74, 6) is -0.0463. The highest BCUT2D eigenvalue weighted by molar-refractivity contribution is 6.34. The van der Waals surface area contributed by atoms with Crippen molar-refractivity contribution in [2.75, 3.05) is 18.2 Å². The van der Waals surface area contributed by atoms with Gasteiger partial charge in [-0.25, -0.2) is 0 Å². The Kier molecular flexibility index (Phi) is 4.31. The third-order valence-electron chi connectivity index (χ3n) is 2.84. The fourth-order valence-electron chi connectivity index (χ4n) is 1.82. The molecule has 3 N–H and O–H groups in total. The van der Waals surface area contributed by atoms with Crippen LogP contribution in [0.2, 0.25) is 5.02 Å². The molecule has 0 saturated heterocycles. The third-order valence-corrected chi connectivity index (χ3v) is 3.16. The van der Waals surface area contributed by atoms with E-state index in [0.717, 1.165) is 0 Å². The number of nitrogens with two attached hydrogens (primary N) is 1. The van der Waals surface area contributed by atoms with E-state index in [0.29, 0.717) is 22.7 Å². The van der Waals surface area contributed by atoms with Gasteiger partial charge in [-0.2, -0.15) is 5.26 Å². The number of halogens is 1. The summed E-state index contributed by atoms with van der Waals surface area (Å²) in [6.45, 7) is 0. The van der Waals surface area contributed by atoms with Gasteiger partial charge in [-0.3, -0.25) is 4.79 Å². The number of carbonyl (C=O) groups excluding carboxylic acids is 1. The Balaban J connectivity index is 2.38. The van der Waals surface area contributed by atoms with Crippen LogP contribution in [0.4, 0.5) is 11.4 Å². The molecule has 2 aromatic carbocycles. The van der Waals surface area contributed by atoms with E-state index in [-0.39, 0.29) is 10.6 Å². The van der Waals surface area contributed by atoms with Crippen molar-refractivity contribution in [3.63, 3.8) is 0 Å². The number of hydrogen-bond donors (Lipinski definition) is 2. The molecule has 2 rings (SSSR count). The van der Waals surface area contributed by atoms with E-state index in [4.69, 9.17) is 27.3 Å². The van der Waals surface area contributed by atoms with Crippen molar-refractivity contribution in [3.8, 4) is 11.8 Å². The molecule has 0 aromatic heterocycles. The molecule has 0 aliphatic carbocycles. The molecule has 0 heterocycles. The second-order valence-corrected chi connectivity index (χ2v) is 4.60. The van der Waals surface area contributed by atoms with Gasteiger partial charge in [0.15, 0.2) is 0 Å². The second-order valence-electron chi connectivity index (χ2n) is 4.19. The van der Waals surface area contributed by atoms with E-state index < -0.39 is 5.91 Å². The Morgan fingerprint density at radius 3 is 2.76 bits per heavy atom. The first-order chi connectivity index (χ1) is 10.1. The molecule has 0 aliphatic rings. The fourth-order valence-corrected chi connectivity index (χ4v) is 2.09. The molecule has 0 atom stereocenters. The number of carbonyl (C=O) groups is 1. The molecule has 0 aliphatic heterocycles. The number of amides is 1. The number of nitriles is 1. The lowest BCUT2D eigenvalue weighted by atomic mass is 10.1. The molecule has 5 nitrogen and oxygen atoms in total. The lowest BCUT2D eigenvalue weighted by Gasteiger charge is -2.12. The minimum absolute atomic E-state index is 0.237. The molecule has 0 fully saturated rings. The van der Waals surface area contributed by atoms with Crippen LogP contribution >= 0.6 is 11.6 Å². The lowest BCUT2D eigenvalue weighted by Crippen LogP contribution is -2.14. The smallest absolute Gasteiger partial charge is 0.257 e. The first-order valence-electron chi connectivity index (χ1n) is 6.00. The number of ether oxygens (including phenoxy) is 1. The molecular weight excluding hydrogens is 290 g/mol. The number of methoxy groups -OCH3 is 1. The van der Waals surface area contributed by atoms with Crippen molar-refractivity contribution in [1.29, 1.82) is 5.26 Å². The predicted molar refractivity (Wildman–Crippen MR) is 81.5 cm³/mol. The molecule has 106 valence electrons. The Hall–Kier alpha value is -2.71. The minimum Gasteiger partial charge on any atom is -0.495 e. The highest BCUT2D eigenvalue weighted by Gasteiger charge is 2.15. The predicted octanol–water partition coefficient (Wildman–Crippen LogP) is 3.05. The van der Waals surface area contributed by atoms with Gasteiger partial charge in [-0.05, 0) is 30.3 Å². The quantitative estimate of drug-likeness (QED) is 0.853. The molecule has 0 unspecified atom stereocenters. The van der Waals surface area contributed by atoms with Gasteiger partial charge in [0.1, 0.15) is 17.5 Å². The van der Waals surface area contributed by atoms with E-state index in [1.165, 1.54) is 19.2 Å². The number of nitrogens with zero attached hydrogens (tertiary/aromatic N) is 1. The first kappa shape index (κ1) is 14.7. The number of para-hydroxylation sites is 1. The van der Waals surface area contributed by atoms with Crippen LogP contribution < -0.4 is 15.8 Å². The van der Waals surface area contributed by atoms with Gasteiger partial charge in [-0.15, -0.1) is 0 Å². The van der Waals surface area contributed by atoms with Gasteiger partial charge in [0, 0.05) is 5.69 Å². The zero-order valence-corrected chi connectivity index (χ0v) is 11.9. The van der Waals surface area contributed by atoms with Crippen molar-refractivity contribution in [2.45, 2.75) is 0 Å². The summed E-state index contributed by atoms with van der Waals surface area (Å²) in [7, 11) is 1.46. The van der Waals surface area contributed by atoms with Gasteiger partial charge in [-0.1, -0.05) is 17.7 Å². The maximum atomic E-state index is 12.3. The van der Waals surface area contributed by atoms with Crippen LogP contribution in [0, 0.1) is 11.3 Å². The van der Waals surface area contributed by atoms with Crippen LogP contribution in [-0.4, -0.2) is 13.0 Å². The lowest BCUT2D eigenvalue weighted by molar-refractivity contribution is 0.102. The maximum Gasteiger partial charge on any atom is 0.257 e. The maximum absolute atomic E-state index is 12.3. The van der Waals surface area contributed by atoms with E-state index in [1.54, 1.807) is 24.3 Å². The van der Waals surface area contributed by atoms with Gasteiger partial charge in [0.2, 0.25) is 0 Å². The molecule has 6 heteroatoms. The molecule has 0 radical (unpaired) electrons. The third kappa shape index (κ3) is 3.07. The average Bonchev–Trinajstić information content (AvgIpc) is 2.47. The highest BCUT2D eigenvalue weighted by Crippen LogP contribution is 2.29. The molecule has 0 spiro atoms. The molecule has 1 amide bonds. The number of benzene rings is 2. The number of rotatable bonds is 3. The summed E-state index contributed by atoms with van der Waals surface area (Å²) in [5.41, 5.74) is 6.93. The van der Waals surface area contributed by atoms with Gasteiger partial charge >= 0.3 is 0 Å². The topological polar surface area (TPSA) is 88.1 Å². The minimum atomic E-state index is -0.444. The van der Waals surface area contributed by atoms with Crippen LogP contribution in [0.1, 0.15) is 15.9 Å². The number of nitrogen functional groups attached to an aromatic ring is 1. The van der Waals surface area contributed by atoms with E-state index in [2.05, 4.69) is 5.32 Å². The van der Waals surface area contributed by atoms with Crippen molar-refractivity contribution in [2.24, 2.45) is 0 Å². The van der Waals surface area contributed by atoms with E-state index >= 15 is 0 Å². The zero-order chi connectivity index (χ0) is 15.4. The Labute approximate surface area is 126 Å². The molecular formula is C15H12ClN3O2. The van der Waals surface area contributed by atoms with Crippen LogP contribution in [0.25, 0.3) is 0 Å². The Bertz CT molecular complexity index is 738. The van der Waals surface area contributed by atoms with Crippen LogP contribution in [0.5, 0.6) is 5.75 Å². The zero-order valence-electron chi connectivity index (χ0n) is 11.2. The molecule has 2 aromatic rings. The average molecular weight is 302 g/mol. The number of anilines is 2. The normalized spacial score (nSPS) is 9.76.